The molecule has 1 aromatic carbocycles. The van der Waals surface area contributed by atoms with Crippen molar-refractivity contribution < 1.29 is 22.7 Å². The van der Waals surface area contributed by atoms with E-state index in [1.54, 1.807) is 18.2 Å². The van der Waals surface area contributed by atoms with Gasteiger partial charge in [0.25, 0.3) is 0 Å². The van der Waals surface area contributed by atoms with Crippen LogP contribution in [0, 0.1) is 0 Å². The van der Waals surface area contributed by atoms with E-state index < -0.39 is 12.0 Å². The Balaban J connectivity index is 0.00000272. The van der Waals surface area contributed by atoms with Gasteiger partial charge in [0.1, 0.15) is 11.9 Å². The normalized spacial score (nSPS) is 15.0. The highest BCUT2D eigenvalue weighted by atomic mass is 35.5. The molecule has 166 valence electrons. The van der Waals surface area contributed by atoms with Crippen LogP contribution >= 0.6 is 12.4 Å². The summed E-state index contributed by atoms with van der Waals surface area (Å²) >= 11 is 0. The number of nitrogens with zero attached hydrogens (tertiary/aromatic N) is 4. The minimum Gasteiger partial charge on any atom is -0.490 e. The van der Waals surface area contributed by atoms with Crippen LogP contribution in [0.15, 0.2) is 42.6 Å². The van der Waals surface area contributed by atoms with E-state index in [9.17, 15) is 18.0 Å². The second-order valence-electron chi connectivity index (χ2n) is 7.24. The zero-order valence-electron chi connectivity index (χ0n) is 16.8. The monoisotopic (exact) mass is 454 g/mol. The molecule has 4 rings (SSSR count). The molecule has 0 atom stereocenters. The van der Waals surface area contributed by atoms with Crippen molar-refractivity contribution in [2.75, 3.05) is 13.1 Å². The summed E-state index contributed by atoms with van der Waals surface area (Å²) in [5.41, 5.74) is 1.51. The molecule has 6 nitrogen and oxygen atoms in total. The first-order valence-electron chi connectivity index (χ1n) is 9.82. The van der Waals surface area contributed by atoms with Gasteiger partial charge < -0.3 is 9.64 Å². The number of ether oxygens (including phenoxy) is 1. The van der Waals surface area contributed by atoms with Gasteiger partial charge in [-0.25, -0.2) is 0 Å². The molecule has 31 heavy (non-hydrogen) atoms. The molecule has 1 fully saturated rings. The number of alkyl halides is 3. The van der Waals surface area contributed by atoms with E-state index in [-0.39, 0.29) is 30.1 Å². The number of hydrogen-bond donors (Lipinski definition) is 0. The third-order valence-corrected chi connectivity index (χ3v) is 5.24. The molecular weight excluding hydrogens is 433 g/mol. The van der Waals surface area contributed by atoms with Crippen molar-refractivity contribution in [1.82, 2.24) is 19.5 Å². The van der Waals surface area contributed by atoms with Crippen LogP contribution in [0.3, 0.4) is 0 Å². The minimum absolute atomic E-state index is 0. The fourth-order valence-electron chi connectivity index (χ4n) is 3.62. The van der Waals surface area contributed by atoms with Crippen molar-refractivity contribution >= 4 is 24.0 Å². The van der Waals surface area contributed by atoms with Crippen molar-refractivity contribution in [2.24, 2.45) is 0 Å². The van der Waals surface area contributed by atoms with E-state index in [0.717, 1.165) is 22.8 Å². The predicted molar refractivity (Wildman–Crippen MR) is 111 cm³/mol. The molecule has 0 N–H and O–H groups in total. The Morgan fingerprint density at radius 1 is 1.06 bits per heavy atom. The third-order valence-electron chi connectivity index (χ3n) is 5.24. The molecule has 3 aromatic rings. The van der Waals surface area contributed by atoms with Crippen LogP contribution in [0.2, 0.25) is 0 Å². The summed E-state index contributed by atoms with van der Waals surface area (Å²) in [6.45, 7) is 3.24. The molecule has 2 aromatic heterocycles. The van der Waals surface area contributed by atoms with Crippen LogP contribution in [0.4, 0.5) is 13.2 Å². The maximum atomic E-state index is 13.1. The summed E-state index contributed by atoms with van der Waals surface area (Å²) in [7, 11) is 0. The first kappa shape index (κ1) is 22.9. The number of hydrogen-bond acceptors (Lipinski definition) is 4. The number of carbonyl (C=O) groups is 1. The molecule has 1 saturated heterocycles. The van der Waals surface area contributed by atoms with Gasteiger partial charge in [0.05, 0.1) is 0 Å². The van der Waals surface area contributed by atoms with Crippen LogP contribution < -0.4 is 4.74 Å². The molecule has 0 spiro atoms. The van der Waals surface area contributed by atoms with E-state index in [4.69, 9.17) is 4.74 Å². The predicted octanol–water partition coefficient (Wildman–Crippen LogP) is 4.62. The van der Waals surface area contributed by atoms with Gasteiger partial charge in [-0.05, 0) is 35.4 Å². The molecule has 1 aliphatic heterocycles. The van der Waals surface area contributed by atoms with Gasteiger partial charge in [0.15, 0.2) is 5.65 Å². The fourth-order valence-corrected chi connectivity index (χ4v) is 3.62. The molecule has 0 radical (unpaired) electrons. The number of halogens is 4. The van der Waals surface area contributed by atoms with Gasteiger partial charge in [-0.3, -0.25) is 9.20 Å². The average Bonchev–Trinajstić information content (AvgIpc) is 3.18. The van der Waals surface area contributed by atoms with Crippen LogP contribution in [-0.2, 0) is 11.0 Å². The van der Waals surface area contributed by atoms with Crippen LogP contribution in [0.1, 0.15) is 32.0 Å². The molecule has 0 saturated carbocycles. The van der Waals surface area contributed by atoms with Gasteiger partial charge in [-0.15, -0.1) is 22.6 Å². The van der Waals surface area contributed by atoms with Gasteiger partial charge in [0, 0.05) is 38.5 Å². The lowest BCUT2D eigenvalue weighted by Gasteiger charge is -2.32. The maximum Gasteiger partial charge on any atom is 0.452 e. The number of likely N-dealkylation sites (tertiary alicyclic amines) is 1. The largest absolute Gasteiger partial charge is 0.490 e. The third kappa shape index (κ3) is 4.92. The van der Waals surface area contributed by atoms with Gasteiger partial charge >= 0.3 is 6.18 Å². The zero-order chi connectivity index (χ0) is 21.3. The van der Waals surface area contributed by atoms with E-state index in [1.165, 1.54) is 12.3 Å². The molecule has 1 aliphatic rings. The Hall–Kier alpha value is -2.81. The zero-order valence-corrected chi connectivity index (χ0v) is 17.6. The molecule has 1 amide bonds. The number of carbonyl (C=O) groups excluding carboxylic acids is 1. The van der Waals surface area contributed by atoms with Crippen molar-refractivity contribution in [3.8, 4) is 16.9 Å². The van der Waals surface area contributed by atoms with Gasteiger partial charge in [-0.1, -0.05) is 19.1 Å². The number of pyridine rings is 1. The quantitative estimate of drug-likeness (QED) is 0.577. The Kier molecular flexibility index (Phi) is 6.74. The van der Waals surface area contributed by atoms with Crippen LogP contribution in [0.5, 0.6) is 5.75 Å². The van der Waals surface area contributed by atoms with Crippen LogP contribution in [-0.4, -0.2) is 44.6 Å². The number of piperidine rings is 1. The molecule has 0 aliphatic carbocycles. The van der Waals surface area contributed by atoms with Crippen molar-refractivity contribution in [3.05, 3.63) is 48.4 Å². The Labute approximate surface area is 183 Å². The topological polar surface area (TPSA) is 59.7 Å². The lowest BCUT2D eigenvalue weighted by Crippen LogP contribution is -2.41. The number of aromatic nitrogens is 3. The summed E-state index contributed by atoms with van der Waals surface area (Å²) in [6.07, 6.45) is -1.09. The standard InChI is InChI=1S/C21H21F3N4O2.ClH/c1-2-19(29)27-11-9-17(10-12-27)30-16-6-3-14(4-7-16)15-5-8-18-25-26-20(21(22,23)24)28(18)13-15;/h3-8,13,17H,2,9-12H2,1H3;1H. The lowest BCUT2D eigenvalue weighted by atomic mass is 10.1. The molecular formula is C21H22ClF3N4O2. The van der Waals surface area contributed by atoms with Gasteiger partial charge in [-0.2, -0.15) is 13.2 Å². The van der Waals surface area contributed by atoms with E-state index in [1.807, 2.05) is 24.0 Å². The molecule has 0 unspecified atom stereocenters. The van der Waals surface area contributed by atoms with E-state index >= 15 is 0 Å². The minimum atomic E-state index is -4.58. The molecule has 0 bridgehead atoms. The lowest BCUT2D eigenvalue weighted by molar-refractivity contribution is -0.145. The van der Waals surface area contributed by atoms with Crippen molar-refractivity contribution in [3.63, 3.8) is 0 Å². The van der Waals surface area contributed by atoms with Crippen molar-refractivity contribution in [1.29, 1.82) is 0 Å². The molecule has 3 heterocycles. The summed E-state index contributed by atoms with van der Waals surface area (Å²) < 4.78 is 46.2. The van der Waals surface area contributed by atoms with Gasteiger partial charge in [0.2, 0.25) is 11.7 Å². The first-order valence-corrected chi connectivity index (χ1v) is 9.82. The first-order chi connectivity index (χ1) is 14.3. The number of fused-ring (bicyclic) bond motifs is 1. The Morgan fingerprint density at radius 2 is 1.71 bits per heavy atom. The number of benzene rings is 1. The van der Waals surface area contributed by atoms with E-state index in [0.29, 0.717) is 30.8 Å². The second-order valence-corrected chi connectivity index (χ2v) is 7.24. The average molecular weight is 455 g/mol. The second kappa shape index (κ2) is 9.13. The number of rotatable bonds is 4. The SMILES string of the molecule is CCC(=O)N1CCC(Oc2ccc(-c3ccc4nnc(C(F)(F)F)n4c3)cc2)CC1.Cl. The Bertz CT molecular complexity index is 1040. The summed E-state index contributed by atoms with van der Waals surface area (Å²) in [6, 6.07) is 10.4. The highest BCUT2D eigenvalue weighted by Gasteiger charge is 2.36. The summed E-state index contributed by atoms with van der Waals surface area (Å²) in [5.74, 6) is -0.191. The molecule has 10 heteroatoms. The fraction of sp³-hybridized carbons (Fsp3) is 0.381. The van der Waals surface area contributed by atoms with Crippen LogP contribution in [0.25, 0.3) is 16.8 Å². The smallest absolute Gasteiger partial charge is 0.452 e. The number of amides is 1. The highest BCUT2D eigenvalue weighted by molar-refractivity contribution is 5.85. The van der Waals surface area contributed by atoms with E-state index in [2.05, 4.69) is 10.2 Å². The van der Waals surface area contributed by atoms with Crippen molar-refractivity contribution in [2.45, 2.75) is 38.5 Å². The summed E-state index contributed by atoms with van der Waals surface area (Å²) in [4.78, 5) is 13.6. The highest BCUT2D eigenvalue weighted by Crippen LogP contribution is 2.30. The Morgan fingerprint density at radius 3 is 2.32 bits per heavy atom. The maximum absolute atomic E-state index is 13.1. The summed E-state index contributed by atoms with van der Waals surface area (Å²) in [5, 5.41) is 6.81.